The van der Waals surface area contributed by atoms with E-state index < -0.39 is 0 Å². The third-order valence-electron chi connectivity index (χ3n) is 1.37. The molecule has 0 aromatic carbocycles. The largest absolute Gasteiger partial charge is 0.235 e. The first-order valence-corrected chi connectivity index (χ1v) is 4.98. The van der Waals surface area contributed by atoms with Gasteiger partial charge in [0.15, 0.2) is 0 Å². The molecular weight excluding hydrogens is 240 g/mol. The van der Waals surface area contributed by atoms with Crippen molar-refractivity contribution in [2.75, 3.05) is 26.2 Å². The second kappa shape index (κ2) is 20.0. The number of isocyanates is 4. The average Bonchev–Trinajstić information content (AvgIpc) is 2.40. The molecular formula is C10H12N4O4. The van der Waals surface area contributed by atoms with Crippen LogP contribution in [0.4, 0.5) is 0 Å². The van der Waals surface area contributed by atoms with Crippen LogP contribution in [0.2, 0.25) is 0 Å². The van der Waals surface area contributed by atoms with E-state index in [9.17, 15) is 19.2 Å². The Hall–Kier alpha value is -2.48. The summed E-state index contributed by atoms with van der Waals surface area (Å²) < 4.78 is 0. The minimum Gasteiger partial charge on any atom is -0.211 e. The van der Waals surface area contributed by atoms with E-state index in [1.54, 1.807) is 0 Å². The summed E-state index contributed by atoms with van der Waals surface area (Å²) >= 11 is 0. The van der Waals surface area contributed by atoms with Crippen molar-refractivity contribution in [1.29, 1.82) is 0 Å². The Morgan fingerprint density at radius 2 is 0.778 bits per heavy atom. The molecule has 0 saturated heterocycles. The Morgan fingerprint density at radius 1 is 0.500 bits per heavy atom. The van der Waals surface area contributed by atoms with Gasteiger partial charge in [0, 0.05) is 0 Å². The molecule has 0 saturated carbocycles. The van der Waals surface area contributed by atoms with Gasteiger partial charge in [-0.3, -0.25) is 0 Å². The molecule has 0 spiro atoms. The summed E-state index contributed by atoms with van der Waals surface area (Å²) in [5.41, 5.74) is 0. The Bertz CT molecular complexity index is 347. The van der Waals surface area contributed by atoms with E-state index in [-0.39, 0.29) is 13.1 Å². The Kier molecular flexibility index (Phi) is 19.9. The molecule has 0 radical (unpaired) electrons. The van der Waals surface area contributed by atoms with Crippen molar-refractivity contribution >= 4 is 24.3 Å². The maximum Gasteiger partial charge on any atom is 0.235 e. The van der Waals surface area contributed by atoms with Gasteiger partial charge in [-0.2, -0.15) is 0 Å². The predicted octanol–water partition coefficient (Wildman–Crippen LogP) is 0.0962. The van der Waals surface area contributed by atoms with Crippen molar-refractivity contribution in [3.05, 3.63) is 0 Å². The lowest BCUT2D eigenvalue weighted by Crippen LogP contribution is -1.84. The quantitative estimate of drug-likeness (QED) is 0.345. The monoisotopic (exact) mass is 252 g/mol. The van der Waals surface area contributed by atoms with Gasteiger partial charge in [0.05, 0.1) is 26.2 Å². The summed E-state index contributed by atoms with van der Waals surface area (Å²) in [7, 11) is 0. The van der Waals surface area contributed by atoms with E-state index in [0.29, 0.717) is 13.1 Å². The fourth-order valence-electron chi connectivity index (χ4n) is 0.664. The zero-order chi connectivity index (χ0) is 13.9. The van der Waals surface area contributed by atoms with Crippen molar-refractivity contribution < 1.29 is 19.2 Å². The van der Waals surface area contributed by atoms with Crippen LogP contribution in [0.1, 0.15) is 12.8 Å². The lowest BCUT2D eigenvalue weighted by molar-refractivity contribution is 0.559. The molecule has 8 heteroatoms. The summed E-state index contributed by atoms with van der Waals surface area (Å²) in [5, 5.41) is 0. The lowest BCUT2D eigenvalue weighted by atomic mass is 10.3. The average molecular weight is 252 g/mol. The Morgan fingerprint density at radius 3 is 1.06 bits per heavy atom. The molecule has 0 atom stereocenters. The smallest absolute Gasteiger partial charge is 0.211 e. The highest BCUT2D eigenvalue weighted by Gasteiger charge is 1.83. The number of unbranched alkanes of at least 4 members (excludes halogenated alkanes) is 1. The third-order valence-corrected chi connectivity index (χ3v) is 1.37. The SMILES string of the molecule is O=C=NCCCCN=C=O.O=C=NCCN=C=O. The highest BCUT2D eigenvalue weighted by atomic mass is 16.1. The van der Waals surface area contributed by atoms with E-state index in [1.165, 1.54) is 24.3 Å². The maximum absolute atomic E-state index is 9.52. The first kappa shape index (κ1) is 17.9. The molecule has 0 aromatic rings. The Balaban J connectivity index is 0. The van der Waals surface area contributed by atoms with Crippen LogP contribution in [0.5, 0.6) is 0 Å². The van der Waals surface area contributed by atoms with Gasteiger partial charge in [0.1, 0.15) is 0 Å². The fraction of sp³-hybridized carbons (Fsp3) is 0.600. The topological polar surface area (TPSA) is 118 Å². The number of hydrogen-bond acceptors (Lipinski definition) is 8. The number of hydrogen-bond donors (Lipinski definition) is 0. The van der Waals surface area contributed by atoms with Crippen molar-refractivity contribution in [3.63, 3.8) is 0 Å². The van der Waals surface area contributed by atoms with Crippen LogP contribution in [0, 0.1) is 0 Å². The van der Waals surface area contributed by atoms with E-state index in [0.717, 1.165) is 12.8 Å². The molecule has 0 unspecified atom stereocenters. The van der Waals surface area contributed by atoms with Gasteiger partial charge in [0.2, 0.25) is 24.3 Å². The summed E-state index contributed by atoms with van der Waals surface area (Å²) in [6.07, 6.45) is 7.00. The number of carbonyl (C=O) groups excluding carboxylic acids is 4. The van der Waals surface area contributed by atoms with Crippen LogP contribution in [-0.2, 0) is 19.2 Å². The van der Waals surface area contributed by atoms with E-state index >= 15 is 0 Å². The number of aliphatic imine (C=N–C) groups is 4. The molecule has 96 valence electrons. The molecule has 0 amide bonds. The lowest BCUT2D eigenvalue weighted by Gasteiger charge is -1.87. The molecule has 0 fully saturated rings. The molecule has 0 N–H and O–H groups in total. The molecule has 0 aromatic heterocycles. The van der Waals surface area contributed by atoms with Gasteiger partial charge >= 0.3 is 0 Å². The van der Waals surface area contributed by atoms with Gasteiger partial charge < -0.3 is 0 Å². The van der Waals surface area contributed by atoms with Gasteiger partial charge in [0.25, 0.3) is 0 Å². The Labute approximate surface area is 103 Å². The van der Waals surface area contributed by atoms with Crippen LogP contribution in [0.15, 0.2) is 20.0 Å². The molecule has 0 aliphatic heterocycles. The number of rotatable bonds is 8. The van der Waals surface area contributed by atoms with Crippen LogP contribution in [0.3, 0.4) is 0 Å². The van der Waals surface area contributed by atoms with Crippen LogP contribution in [-0.4, -0.2) is 50.5 Å². The molecule has 0 aliphatic carbocycles. The molecule has 8 nitrogen and oxygen atoms in total. The van der Waals surface area contributed by atoms with Gasteiger partial charge in [-0.25, -0.2) is 39.1 Å². The normalized spacial score (nSPS) is 7.11. The van der Waals surface area contributed by atoms with Gasteiger partial charge in [-0.1, -0.05) is 0 Å². The van der Waals surface area contributed by atoms with Gasteiger partial charge in [-0.15, -0.1) is 0 Å². The highest BCUT2D eigenvalue weighted by molar-refractivity contribution is 5.34. The van der Waals surface area contributed by atoms with Crippen molar-refractivity contribution in [2.45, 2.75) is 12.8 Å². The third kappa shape index (κ3) is 23.4. The van der Waals surface area contributed by atoms with Crippen LogP contribution < -0.4 is 0 Å². The molecule has 0 heterocycles. The van der Waals surface area contributed by atoms with E-state index in [2.05, 4.69) is 20.0 Å². The van der Waals surface area contributed by atoms with Crippen molar-refractivity contribution in [3.8, 4) is 0 Å². The highest BCUT2D eigenvalue weighted by Crippen LogP contribution is 1.88. The summed E-state index contributed by atoms with van der Waals surface area (Å²) in [6, 6.07) is 0. The van der Waals surface area contributed by atoms with E-state index in [1.807, 2.05) is 0 Å². The van der Waals surface area contributed by atoms with E-state index in [4.69, 9.17) is 0 Å². The van der Waals surface area contributed by atoms with Crippen LogP contribution in [0.25, 0.3) is 0 Å². The summed E-state index contributed by atoms with van der Waals surface area (Å²) in [4.78, 5) is 50.6. The van der Waals surface area contributed by atoms with Crippen molar-refractivity contribution in [1.82, 2.24) is 0 Å². The second-order valence-electron chi connectivity index (χ2n) is 2.60. The molecule has 18 heavy (non-hydrogen) atoms. The van der Waals surface area contributed by atoms with Gasteiger partial charge in [-0.05, 0) is 12.8 Å². The zero-order valence-corrected chi connectivity index (χ0v) is 9.66. The summed E-state index contributed by atoms with van der Waals surface area (Å²) in [6.45, 7) is 1.38. The molecule has 0 bridgehead atoms. The molecule has 0 aliphatic rings. The first-order valence-electron chi connectivity index (χ1n) is 4.98. The maximum atomic E-state index is 9.52. The second-order valence-corrected chi connectivity index (χ2v) is 2.60. The number of nitrogens with zero attached hydrogens (tertiary/aromatic N) is 4. The first-order chi connectivity index (χ1) is 8.83. The standard InChI is InChI=1S/C6H8N2O2.C4H4N2O2/c9-5-7-3-1-2-4-8-6-10;7-3-5-1-2-6-4-8/h1-4H2;1-2H2. The fourth-order valence-corrected chi connectivity index (χ4v) is 0.664. The zero-order valence-electron chi connectivity index (χ0n) is 9.66. The predicted molar refractivity (Wildman–Crippen MR) is 61.2 cm³/mol. The minimum atomic E-state index is 0.221. The molecule has 0 rings (SSSR count). The minimum absolute atomic E-state index is 0.221. The van der Waals surface area contributed by atoms with Crippen molar-refractivity contribution in [2.24, 2.45) is 20.0 Å². The van der Waals surface area contributed by atoms with Crippen LogP contribution >= 0.6 is 0 Å². The summed E-state index contributed by atoms with van der Waals surface area (Å²) in [5.74, 6) is 0.